The number of alkyl halides is 3. The van der Waals surface area contributed by atoms with E-state index in [2.05, 4.69) is 4.74 Å². The Bertz CT molecular complexity index is 926. The molecule has 2 rings (SSSR count). The molecule has 2 aliphatic rings. The van der Waals surface area contributed by atoms with Gasteiger partial charge in [0.05, 0.1) is 26.4 Å². The number of carbonyl (C=O) groups is 5. The molecule has 2 fully saturated rings. The molecule has 0 aliphatic carbocycles. The van der Waals surface area contributed by atoms with Crippen LogP contribution in [0.15, 0.2) is 0 Å². The molecule has 2 N–H and O–H groups in total. The van der Waals surface area contributed by atoms with E-state index in [9.17, 15) is 42.3 Å². The maximum atomic E-state index is 13.4. The Hall–Kier alpha value is -3.02. The van der Waals surface area contributed by atoms with E-state index in [-0.39, 0.29) is 26.3 Å². The lowest BCUT2D eigenvalue weighted by molar-refractivity contribution is -0.295. The highest BCUT2D eigenvalue weighted by molar-refractivity contribution is 5.82. The summed E-state index contributed by atoms with van der Waals surface area (Å²) in [6.07, 6.45) is -11.6. The highest BCUT2D eigenvalue weighted by Gasteiger charge is 2.58. The molecule has 1 amide bonds. The molecule has 0 aromatic rings. The third-order valence-corrected chi connectivity index (χ3v) is 5.92. The van der Waals surface area contributed by atoms with E-state index in [4.69, 9.17) is 23.7 Å². The van der Waals surface area contributed by atoms with Crippen LogP contribution in [0.4, 0.5) is 13.2 Å². The molecule has 0 aromatic carbocycles. The summed E-state index contributed by atoms with van der Waals surface area (Å²) >= 11 is 0. The molecule has 0 spiro atoms. The maximum absolute atomic E-state index is 13.4. The minimum Gasteiger partial charge on any atom is -0.465 e. The number of morpholine rings is 1. The Morgan fingerprint density at radius 1 is 1.05 bits per heavy atom. The number of nitrogens with zero attached hydrogens (tertiary/aromatic N) is 1. The number of carbonyl (C=O) groups excluding carboxylic acids is 5. The fraction of sp³-hybridized carbons (Fsp3) is 0.773. The average molecular weight is 572 g/mol. The van der Waals surface area contributed by atoms with Crippen molar-refractivity contribution in [1.29, 1.82) is 0 Å². The summed E-state index contributed by atoms with van der Waals surface area (Å²) < 4.78 is 70.8. The van der Waals surface area contributed by atoms with Crippen molar-refractivity contribution in [3.8, 4) is 0 Å². The minimum absolute atomic E-state index is 0.117. The second kappa shape index (κ2) is 13.4. The number of esters is 4. The number of ether oxygens (including phenoxy) is 6. The van der Waals surface area contributed by atoms with Crippen molar-refractivity contribution in [2.24, 2.45) is 0 Å². The van der Waals surface area contributed by atoms with Crippen LogP contribution in [0.5, 0.6) is 0 Å². The zero-order valence-electron chi connectivity index (χ0n) is 21.6. The van der Waals surface area contributed by atoms with E-state index in [0.29, 0.717) is 0 Å². The third kappa shape index (κ3) is 8.74. The summed E-state index contributed by atoms with van der Waals surface area (Å²) in [5.74, 6) is -9.39. The van der Waals surface area contributed by atoms with Crippen molar-refractivity contribution in [2.75, 3.05) is 40.0 Å². The molecule has 2 saturated heterocycles. The van der Waals surface area contributed by atoms with Gasteiger partial charge >= 0.3 is 36.0 Å². The van der Waals surface area contributed by atoms with Crippen LogP contribution in [0.3, 0.4) is 0 Å². The van der Waals surface area contributed by atoms with Gasteiger partial charge in [0.15, 0.2) is 12.2 Å². The van der Waals surface area contributed by atoms with Crippen molar-refractivity contribution < 1.29 is 70.7 Å². The van der Waals surface area contributed by atoms with Crippen molar-refractivity contribution in [1.82, 2.24) is 10.2 Å². The number of nitrogens with one attached hydrogen (secondary N) is 1. The molecular formula is C22H31F3N2O12. The molecule has 0 unspecified atom stereocenters. The van der Waals surface area contributed by atoms with Gasteiger partial charge in [-0.05, 0) is 0 Å². The first-order valence-electron chi connectivity index (χ1n) is 11.7. The third-order valence-electron chi connectivity index (χ3n) is 5.92. The Kier molecular flexibility index (Phi) is 11.0. The number of rotatable bonds is 9. The second-order valence-electron chi connectivity index (χ2n) is 8.80. The number of methoxy groups -OCH3 is 1. The molecule has 0 saturated carbocycles. The highest BCUT2D eigenvalue weighted by atomic mass is 19.4. The van der Waals surface area contributed by atoms with E-state index < -0.39 is 85.2 Å². The maximum Gasteiger partial charge on any atom is 0.471 e. The van der Waals surface area contributed by atoms with Crippen LogP contribution in [0.25, 0.3) is 0 Å². The number of hydrogen-bond acceptors (Lipinski definition) is 13. The second-order valence-corrected chi connectivity index (χ2v) is 8.80. The molecule has 2 aliphatic heterocycles. The summed E-state index contributed by atoms with van der Waals surface area (Å²) in [4.78, 5) is 61.6. The van der Waals surface area contributed by atoms with Gasteiger partial charge in [0.1, 0.15) is 12.7 Å². The summed E-state index contributed by atoms with van der Waals surface area (Å²) in [6, 6.07) is -2.96. The monoisotopic (exact) mass is 572 g/mol. The first kappa shape index (κ1) is 32.2. The van der Waals surface area contributed by atoms with E-state index in [1.807, 2.05) is 0 Å². The van der Waals surface area contributed by atoms with Gasteiger partial charge in [-0.25, -0.2) is 4.79 Å². The van der Waals surface area contributed by atoms with Gasteiger partial charge in [0.2, 0.25) is 0 Å². The van der Waals surface area contributed by atoms with E-state index in [1.165, 1.54) is 0 Å². The molecule has 14 nitrogen and oxygen atoms in total. The first-order chi connectivity index (χ1) is 18.1. The average Bonchev–Trinajstić information content (AvgIpc) is 2.85. The lowest BCUT2D eigenvalue weighted by Crippen LogP contribution is -2.72. The first-order valence-corrected chi connectivity index (χ1v) is 11.7. The van der Waals surface area contributed by atoms with Gasteiger partial charge in [-0.2, -0.15) is 13.2 Å². The lowest BCUT2D eigenvalue weighted by atomic mass is 9.85. The number of aliphatic hydroxyl groups is 1. The van der Waals surface area contributed by atoms with E-state index >= 15 is 0 Å². The molecule has 0 aromatic heterocycles. The largest absolute Gasteiger partial charge is 0.471 e. The molecule has 2 heterocycles. The Morgan fingerprint density at radius 2 is 1.64 bits per heavy atom. The Morgan fingerprint density at radius 3 is 2.13 bits per heavy atom. The molecule has 17 heteroatoms. The summed E-state index contributed by atoms with van der Waals surface area (Å²) in [5.41, 5.74) is 0. The standard InChI is InChI=1S/C22H31F3N2O12/c1-11(28)36-10-15(37-12(2)29)17(38-13(3)30)18-16(26-19(31)22(23,24)25)14(27-5-7-35-8-6-27)9-21(33,39-18)20(32)34-4/h14-18,33H,5-10H2,1-4H3,(H,26,31)/t14-,15-,16-,17+,18+,21+/m1/s1. The van der Waals surface area contributed by atoms with Crippen LogP contribution < -0.4 is 5.32 Å². The van der Waals surface area contributed by atoms with Gasteiger partial charge in [0, 0.05) is 46.3 Å². The van der Waals surface area contributed by atoms with Crippen LogP contribution in [0, 0.1) is 0 Å². The smallest absolute Gasteiger partial charge is 0.465 e. The quantitative estimate of drug-likeness (QED) is 0.249. The number of halogens is 3. The molecule has 222 valence electrons. The van der Waals surface area contributed by atoms with Gasteiger partial charge in [-0.3, -0.25) is 24.1 Å². The van der Waals surface area contributed by atoms with E-state index in [0.717, 1.165) is 27.9 Å². The fourth-order valence-corrected chi connectivity index (χ4v) is 4.37. The topological polar surface area (TPSA) is 176 Å². The Labute approximate surface area is 220 Å². The van der Waals surface area contributed by atoms with Crippen LogP contribution in [0.1, 0.15) is 27.2 Å². The minimum atomic E-state index is -5.36. The van der Waals surface area contributed by atoms with Crippen LogP contribution >= 0.6 is 0 Å². The predicted molar refractivity (Wildman–Crippen MR) is 118 cm³/mol. The van der Waals surface area contributed by atoms with Gasteiger partial charge in [0.25, 0.3) is 5.79 Å². The summed E-state index contributed by atoms with van der Waals surface area (Å²) in [7, 11) is 0.922. The molecular weight excluding hydrogens is 541 g/mol. The summed E-state index contributed by atoms with van der Waals surface area (Å²) in [6.45, 7) is 2.63. The van der Waals surface area contributed by atoms with Crippen LogP contribution in [0.2, 0.25) is 0 Å². The SMILES string of the molecule is COC(=O)[C@]1(O)C[C@@H](N2CCOCC2)[C@@H](NC(=O)C(F)(F)F)[C@@H]([C@@H](OC(C)=O)[C@@H](COC(C)=O)OC(C)=O)O1. The molecule has 0 bridgehead atoms. The predicted octanol–water partition coefficient (Wildman–Crippen LogP) is -1.19. The van der Waals surface area contributed by atoms with Crippen molar-refractivity contribution in [3.05, 3.63) is 0 Å². The zero-order valence-corrected chi connectivity index (χ0v) is 21.6. The number of hydrogen-bond donors (Lipinski definition) is 2. The lowest BCUT2D eigenvalue weighted by Gasteiger charge is -2.51. The van der Waals surface area contributed by atoms with Crippen molar-refractivity contribution >= 4 is 29.8 Å². The van der Waals surface area contributed by atoms with Gasteiger partial charge < -0.3 is 38.8 Å². The molecule has 39 heavy (non-hydrogen) atoms. The van der Waals surface area contributed by atoms with E-state index in [1.54, 1.807) is 10.2 Å². The zero-order chi connectivity index (χ0) is 29.5. The molecule has 0 radical (unpaired) electrons. The fourth-order valence-electron chi connectivity index (χ4n) is 4.37. The van der Waals surface area contributed by atoms with Crippen LogP contribution in [-0.2, 0) is 52.4 Å². The van der Waals surface area contributed by atoms with Crippen molar-refractivity contribution in [3.63, 3.8) is 0 Å². The van der Waals surface area contributed by atoms with Gasteiger partial charge in [-0.1, -0.05) is 0 Å². The van der Waals surface area contributed by atoms with Crippen molar-refractivity contribution in [2.45, 2.75) is 69.6 Å². The highest BCUT2D eigenvalue weighted by Crippen LogP contribution is 2.36. The number of amides is 1. The normalized spacial score (nSPS) is 27.4. The van der Waals surface area contributed by atoms with Gasteiger partial charge in [-0.15, -0.1) is 0 Å². The summed E-state index contributed by atoms with van der Waals surface area (Å²) in [5, 5.41) is 13.0. The van der Waals surface area contributed by atoms with Crippen LogP contribution in [-0.4, -0.2) is 122 Å². The Balaban J connectivity index is 2.70. The molecule has 6 atom stereocenters.